The molecular weight excluding hydrogens is 496 g/mol. The summed E-state index contributed by atoms with van der Waals surface area (Å²) in [6.07, 6.45) is -4.77. The average molecular weight is 522 g/mol. The summed E-state index contributed by atoms with van der Waals surface area (Å²) in [6.45, 7) is 5.65. The van der Waals surface area contributed by atoms with E-state index in [1.165, 1.54) is 10.6 Å². The summed E-state index contributed by atoms with van der Waals surface area (Å²) in [4.78, 5) is 49.9. The minimum atomic E-state index is -4.73. The molecule has 3 rings (SSSR count). The number of aromatic nitrogens is 2. The Hall–Kier alpha value is -3.96. The van der Waals surface area contributed by atoms with E-state index in [-0.39, 0.29) is 31.0 Å². The molecule has 1 unspecified atom stereocenters. The number of hydrogen-bond donors (Lipinski definition) is 2. The number of rotatable bonds is 8. The van der Waals surface area contributed by atoms with Gasteiger partial charge in [0.2, 0.25) is 5.91 Å². The van der Waals surface area contributed by atoms with E-state index in [1.807, 2.05) is 0 Å². The molecule has 0 aliphatic heterocycles. The molecule has 2 aromatic carbocycles. The smallest absolute Gasteiger partial charge is 0.352 e. The van der Waals surface area contributed by atoms with Gasteiger partial charge in [-0.2, -0.15) is 13.2 Å². The number of anilines is 1. The molecule has 0 bridgehead atoms. The number of carbonyl (C=O) groups is 2. The zero-order valence-electron chi connectivity index (χ0n) is 20.4. The minimum absolute atomic E-state index is 0.0333. The maximum Gasteiger partial charge on any atom is 0.416 e. The van der Waals surface area contributed by atoms with E-state index in [4.69, 9.17) is 0 Å². The first-order valence-corrected chi connectivity index (χ1v) is 11.6. The van der Waals surface area contributed by atoms with E-state index in [0.717, 1.165) is 10.6 Å². The van der Waals surface area contributed by atoms with E-state index in [9.17, 15) is 36.7 Å². The van der Waals surface area contributed by atoms with E-state index < -0.39 is 52.1 Å². The van der Waals surface area contributed by atoms with Gasteiger partial charge in [-0.15, -0.1) is 0 Å². The first-order chi connectivity index (χ1) is 17.4. The molecule has 0 fully saturated rings. The molecule has 1 aromatic heterocycles. The molecule has 198 valence electrons. The van der Waals surface area contributed by atoms with Gasteiger partial charge in [-0.05, 0) is 56.2 Å². The van der Waals surface area contributed by atoms with E-state index in [2.05, 4.69) is 10.6 Å². The van der Waals surface area contributed by atoms with Crippen molar-refractivity contribution < 1.29 is 27.2 Å². The maximum atomic E-state index is 14.0. The molecule has 3 aromatic rings. The number of fused-ring (bicyclic) bond motifs is 1. The standard InChI is InChI=1S/C25H26F4N4O4/c1-4-32-20-9-7-16(12-18(20)23(36)33(5-2)24(32)37)31-21(34)10-14(3)13-30-22(35)17-8-6-15(11-19(17)26)25(27,28)29/h6-9,11-12,14H,4-5,10,13H2,1-3H3,(H,30,35)(H,31,34). The van der Waals surface area contributed by atoms with Gasteiger partial charge in [0.1, 0.15) is 5.82 Å². The minimum Gasteiger partial charge on any atom is -0.352 e. The van der Waals surface area contributed by atoms with Crippen LogP contribution in [0.1, 0.15) is 43.1 Å². The van der Waals surface area contributed by atoms with E-state index in [1.54, 1.807) is 32.9 Å². The molecule has 0 spiro atoms. The topological polar surface area (TPSA) is 102 Å². The summed E-state index contributed by atoms with van der Waals surface area (Å²) in [5, 5.41) is 5.37. The molecule has 1 heterocycles. The second-order valence-electron chi connectivity index (χ2n) is 8.57. The van der Waals surface area contributed by atoms with Crippen LogP contribution in [0.25, 0.3) is 10.9 Å². The highest BCUT2D eigenvalue weighted by Crippen LogP contribution is 2.30. The first-order valence-electron chi connectivity index (χ1n) is 11.6. The number of nitrogens with one attached hydrogen (secondary N) is 2. The molecule has 8 nitrogen and oxygen atoms in total. The Kier molecular flexibility index (Phi) is 8.19. The van der Waals surface area contributed by atoms with Crippen molar-refractivity contribution in [3.8, 4) is 0 Å². The highest BCUT2D eigenvalue weighted by molar-refractivity contribution is 5.95. The molecule has 0 saturated carbocycles. The SMILES string of the molecule is CCn1c(=O)c2cc(NC(=O)CC(C)CNC(=O)c3ccc(C(F)(F)F)cc3F)ccc2n(CC)c1=O. The van der Waals surface area contributed by atoms with Crippen molar-refractivity contribution in [2.75, 3.05) is 11.9 Å². The van der Waals surface area contributed by atoms with Crippen molar-refractivity contribution in [2.24, 2.45) is 5.92 Å². The Bertz CT molecular complexity index is 1460. The number of alkyl halides is 3. The van der Waals surface area contributed by atoms with Gasteiger partial charge in [-0.3, -0.25) is 23.5 Å². The number of aryl methyl sites for hydroxylation is 1. The molecular formula is C25H26F4N4O4. The molecule has 0 saturated heterocycles. The Morgan fingerprint density at radius 1 is 1.00 bits per heavy atom. The number of amides is 2. The predicted octanol–water partition coefficient (Wildman–Crippen LogP) is 3.76. The number of nitrogens with zero attached hydrogens (tertiary/aromatic N) is 2. The van der Waals surface area contributed by atoms with E-state index >= 15 is 0 Å². The first kappa shape index (κ1) is 27.6. The van der Waals surface area contributed by atoms with Crippen molar-refractivity contribution in [1.82, 2.24) is 14.5 Å². The molecule has 0 aliphatic rings. The highest BCUT2D eigenvalue weighted by atomic mass is 19.4. The van der Waals surface area contributed by atoms with Gasteiger partial charge in [0.25, 0.3) is 11.5 Å². The third-order valence-electron chi connectivity index (χ3n) is 5.83. The second-order valence-corrected chi connectivity index (χ2v) is 8.57. The van der Waals surface area contributed by atoms with E-state index in [0.29, 0.717) is 23.8 Å². The van der Waals surface area contributed by atoms with Gasteiger partial charge in [0.15, 0.2) is 0 Å². The summed E-state index contributed by atoms with van der Waals surface area (Å²) in [5.74, 6) is -3.02. The summed E-state index contributed by atoms with van der Waals surface area (Å²) >= 11 is 0. The van der Waals surface area contributed by atoms with Crippen molar-refractivity contribution in [3.05, 3.63) is 74.2 Å². The summed E-state index contributed by atoms with van der Waals surface area (Å²) in [7, 11) is 0. The summed E-state index contributed by atoms with van der Waals surface area (Å²) in [5.41, 5.74) is -1.81. The fraction of sp³-hybridized carbons (Fsp3) is 0.360. The van der Waals surface area contributed by atoms with Crippen LogP contribution >= 0.6 is 0 Å². The maximum absolute atomic E-state index is 14.0. The Morgan fingerprint density at radius 2 is 1.68 bits per heavy atom. The largest absolute Gasteiger partial charge is 0.416 e. The highest BCUT2D eigenvalue weighted by Gasteiger charge is 2.31. The zero-order valence-corrected chi connectivity index (χ0v) is 20.4. The van der Waals surface area contributed by atoms with Gasteiger partial charge < -0.3 is 10.6 Å². The number of halogens is 4. The lowest BCUT2D eigenvalue weighted by Gasteiger charge is -2.15. The monoisotopic (exact) mass is 522 g/mol. The molecule has 2 amide bonds. The third-order valence-corrected chi connectivity index (χ3v) is 5.83. The molecule has 2 N–H and O–H groups in total. The predicted molar refractivity (Wildman–Crippen MR) is 130 cm³/mol. The van der Waals surface area contributed by atoms with Gasteiger partial charge in [-0.25, -0.2) is 9.18 Å². The Morgan fingerprint density at radius 3 is 2.27 bits per heavy atom. The van der Waals surface area contributed by atoms with Crippen molar-refractivity contribution in [1.29, 1.82) is 0 Å². The summed E-state index contributed by atoms with van der Waals surface area (Å²) < 4.78 is 54.6. The lowest BCUT2D eigenvalue weighted by molar-refractivity contribution is -0.137. The molecule has 12 heteroatoms. The normalized spacial score (nSPS) is 12.4. The van der Waals surface area contributed by atoms with Gasteiger partial charge in [0.05, 0.1) is 22.0 Å². The Balaban J connectivity index is 1.65. The van der Waals surface area contributed by atoms with Crippen LogP contribution < -0.4 is 21.9 Å². The molecule has 0 radical (unpaired) electrons. The quantitative estimate of drug-likeness (QED) is 0.440. The van der Waals surface area contributed by atoms with Crippen LogP contribution in [0.3, 0.4) is 0 Å². The fourth-order valence-electron chi connectivity index (χ4n) is 3.92. The van der Waals surface area contributed by atoms with Crippen LogP contribution in [0.2, 0.25) is 0 Å². The van der Waals surface area contributed by atoms with Crippen LogP contribution in [0.4, 0.5) is 23.2 Å². The average Bonchev–Trinajstić information content (AvgIpc) is 2.82. The molecule has 1 atom stereocenters. The van der Waals surface area contributed by atoms with Crippen LogP contribution in [0, 0.1) is 11.7 Å². The van der Waals surface area contributed by atoms with Crippen LogP contribution in [0.5, 0.6) is 0 Å². The van der Waals surface area contributed by atoms with Crippen LogP contribution in [-0.4, -0.2) is 27.5 Å². The molecule has 0 aliphatic carbocycles. The third kappa shape index (κ3) is 6.07. The number of carbonyl (C=O) groups excluding carboxylic acids is 2. The fourth-order valence-corrected chi connectivity index (χ4v) is 3.92. The second kappa shape index (κ2) is 11.0. The summed E-state index contributed by atoms with van der Waals surface area (Å²) in [6, 6.07) is 6.28. The lowest BCUT2D eigenvalue weighted by Crippen LogP contribution is -2.39. The van der Waals surface area contributed by atoms with Gasteiger partial charge >= 0.3 is 11.9 Å². The van der Waals surface area contributed by atoms with Crippen LogP contribution in [-0.2, 0) is 24.1 Å². The zero-order chi connectivity index (χ0) is 27.5. The number of hydrogen-bond acceptors (Lipinski definition) is 4. The lowest BCUT2D eigenvalue weighted by atomic mass is 10.1. The van der Waals surface area contributed by atoms with Crippen molar-refractivity contribution in [2.45, 2.75) is 46.5 Å². The van der Waals surface area contributed by atoms with Crippen molar-refractivity contribution in [3.63, 3.8) is 0 Å². The molecule has 37 heavy (non-hydrogen) atoms. The van der Waals surface area contributed by atoms with Gasteiger partial charge in [-0.1, -0.05) is 6.92 Å². The number of benzene rings is 2. The van der Waals surface area contributed by atoms with Crippen LogP contribution in [0.15, 0.2) is 46.0 Å². The van der Waals surface area contributed by atoms with Crippen molar-refractivity contribution >= 4 is 28.4 Å². The Labute approximate surface area is 208 Å². The van der Waals surface area contributed by atoms with Gasteiger partial charge in [0, 0.05) is 31.7 Å².